The smallest absolute Gasteiger partial charge is 0.252 e. The Hall–Kier alpha value is -2.62. The zero-order valence-corrected chi connectivity index (χ0v) is 17.8. The minimum absolute atomic E-state index is 0.0199. The lowest BCUT2D eigenvalue weighted by atomic mass is 9.98. The predicted octanol–water partition coefficient (Wildman–Crippen LogP) is 3.63. The molecule has 2 heterocycles. The molecule has 0 atom stereocenters. The summed E-state index contributed by atoms with van der Waals surface area (Å²) < 4.78 is 51.5. The molecule has 0 N–H and O–H groups in total. The molecule has 0 saturated carbocycles. The van der Waals surface area contributed by atoms with Crippen LogP contribution in [-0.4, -0.2) is 36.0 Å². The number of hydrogen-bond donors (Lipinski definition) is 0. The average molecular weight is 446 g/mol. The van der Waals surface area contributed by atoms with Crippen molar-refractivity contribution in [1.29, 1.82) is 0 Å². The molecule has 31 heavy (non-hydrogen) atoms. The number of ether oxygens (including phenoxy) is 1. The van der Waals surface area contributed by atoms with Crippen LogP contribution in [0.3, 0.4) is 0 Å². The molecule has 4 rings (SSSR count). The van der Waals surface area contributed by atoms with Crippen molar-refractivity contribution >= 4 is 10.0 Å². The van der Waals surface area contributed by atoms with Crippen molar-refractivity contribution in [2.75, 3.05) is 13.1 Å². The van der Waals surface area contributed by atoms with Crippen molar-refractivity contribution < 1.29 is 22.1 Å². The average Bonchev–Trinajstić information content (AvgIpc) is 3.25. The fourth-order valence-corrected chi connectivity index (χ4v) is 5.20. The van der Waals surface area contributed by atoms with Crippen molar-refractivity contribution in [3.8, 4) is 0 Å². The van der Waals surface area contributed by atoms with Gasteiger partial charge in [-0.25, -0.2) is 17.1 Å². The molecular weight excluding hydrogens is 421 g/mol. The minimum Gasteiger partial charge on any atom is -0.367 e. The van der Waals surface area contributed by atoms with Crippen LogP contribution in [0.1, 0.15) is 41.6 Å². The molecule has 1 aromatic heterocycles. The standard InChI is InChI=1S/C22H24FN3O4S/c23-20-9-5-4-8-19(20)16-31(27,28)26-12-10-18(11-13-26)22-24-21(30-25-22)15-29-14-17-6-2-1-3-7-17/h1-9,18H,10-16H2. The number of rotatable bonds is 8. The Morgan fingerprint density at radius 1 is 1.03 bits per heavy atom. The van der Waals surface area contributed by atoms with E-state index in [2.05, 4.69) is 10.1 Å². The van der Waals surface area contributed by atoms with E-state index in [1.165, 1.54) is 16.4 Å². The summed E-state index contributed by atoms with van der Waals surface area (Å²) in [6.07, 6.45) is 1.17. The van der Waals surface area contributed by atoms with Gasteiger partial charge in [0.15, 0.2) is 5.82 Å². The third-order valence-electron chi connectivity index (χ3n) is 5.33. The molecule has 0 unspecified atom stereocenters. The van der Waals surface area contributed by atoms with Gasteiger partial charge in [0.2, 0.25) is 10.0 Å². The molecular formula is C22H24FN3O4S. The van der Waals surface area contributed by atoms with Crippen molar-refractivity contribution in [1.82, 2.24) is 14.4 Å². The van der Waals surface area contributed by atoms with Crippen LogP contribution in [-0.2, 0) is 33.7 Å². The van der Waals surface area contributed by atoms with E-state index in [1.807, 2.05) is 30.3 Å². The van der Waals surface area contributed by atoms with Gasteiger partial charge in [0.05, 0.1) is 12.4 Å². The molecule has 1 aliphatic rings. The van der Waals surface area contributed by atoms with E-state index in [-0.39, 0.29) is 23.8 Å². The highest BCUT2D eigenvalue weighted by atomic mass is 32.2. The van der Waals surface area contributed by atoms with Gasteiger partial charge in [0.25, 0.3) is 5.89 Å². The maximum Gasteiger partial charge on any atom is 0.252 e. The second-order valence-electron chi connectivity index (χ2n) is 7.55. The van der Waals surface area contributed by atoms with E-state index in [4.69, 9.17) is 9.26 Å². The van der Waals surface area contributed by atoms with Gasteiger partial charge in [0, 0.05) is 24.6 Å². The molecule has 0 amide bonds. The summed E-state index contributed by atoms with van der Waals surface area (Å²) in [6, 6.07) is 15.8. The van der Waals surface area contributed by atoms with Crippen LogP contribution in [0.15, 0.2) is 59.1 Å². The Balaban J connectivity index is 1.28. The van der Waals surface area contributed by atoms with Crippen molar-refractivity contribution in [3.05, 3.63) is 83.3 Å². The highest BCUT2D eigenvalue weighted by Gasteiger charge is 2.31. The van der Waals surface area contributed by atoms with Crippen LogP contribution in [0, 0.1) is 5.82 Å². The molecule has 1 saturated heterocycles. The highest BCUT2D eigenvalue weighted by molar-refractivity contribution is 7.88. The molecule has 0 aliphatic carbocycles. The van der Waals surface area contributed by atoms with E-state index in [1.54, 1.807) is 12.1 Å². The summed E-state index contributed by atoms with van der Waals surface area (Å²) in [5, 5.41) is 4.05. The number of sulfonamides is 1. The molecule has 164 valence electrons. The lowest BCUT2D eigenvalue weighted by Gasteiger charge is -2.29. The monoisotopic (exact) mass is 445 g/mol. The summed E-state index contributed by atoms with van der Waals surface area (Å²) in [6.45, 7) is 1.36. The number of aromatic nitrogens is 2. The number of halogens is 1. The van der Waals surface area contributed by atoms with Gasteiger partial charge in [-0.05, 0) is 24.5 Å². The molecule has 9 heteroatoms. The number of hydrogen-bond acceptors (Lipinski definition) is 6. The van der Waals surface area contributed by atoms with Crippen LogP contribution in [0.5, 0.6) is 0 Å². The van der Waals surface area contributed by atoms with Crippen LogP contribution < -0.4 is 0 Å². The fraction of sp³-hybridized carbons (Fsp3) is 0.364. The summed E-state index contributed by atoms with van der Waals surface area (Å²) >= 11 is 0. The Bertz CT molecular complexity index is 1100. The van der Waals surface area contributed by atoms with Gasteiger partial charge >= 0.3 is 0 Å². The third-order valence-corrected chi connectivity index (χ3v) is 7.16. The summed E-state index contributed by atoms with van der Waals surface area (Å²) in [5.74, 6) is 0.154. The van der Waals surface area contributed by atoms with Gasteiger partial charge < -0.3 is 9.26 Å². The molecule has 1 fully saturated rings. The van der Waals surface area contributed by atoms with Gasteiger partial charge in [-0.2, -0.15) is 4.98 Å². The Morgan fingerprint density at radius 2 is 1.74 bits per heavy atom. The van der Waals surface area contributed by atoms with Crippen LogP contribution in [0.25, 0.3) is 0 Å². The molecule has 7 nitrogen and oxygen atoms in total. The highest BCUT2D eigenvalue weighted by Crippen LogP contribution is 2.28. The number of benzene rings is 2. The second kappa shape index (κ2) is 9.67. The van der Waals surface area contributed by atoms with Gasteiger partial charge in [0.1, 0.15) is 12.4 Å². The molecule has 0 bridgehead atoms. The first kappa shape index (κ1) is 21.6. The molecule has 0 radical (unpaired) electrons. The van der Waals surface area contributed by atoms with Crippen LogP contribution in [0.4, 0.5) is 4.39 Å². The third kappa shape index (κ3) is 5.55. The molecule has 1 aliphatic heterocycles. The largest absolute Gasteiger partial charge is 0.367 e. The predicted molar refractivity (Wildman–Crippen MR) is 112 cm³/mol. The Morgan fingerprint density at radius 3 is 2.48 bits per heavy atom. The number of nitrogens with zero attached hydrogens (tertiary/aromatic N) is 3. The lowest BCUT2D eigenvalue weighted by Crippen LogP contribution is -2.38. The van der Waals surface area contributed by atoms with Crippen molar-refractivity contribution in [2.45, 2.75) is 37.7 Å². The normalized spacial score (nSPS) is 15.9. The van der Waals surface area contributed by atoms with Crippen molar-refractivity contribution in [3.63, 3.8) is 0 Å². The Kier molecular flexibility index (Phi) is 6.74. The maximum atomic E-state index is 13.8. The van der Waals surface area contributed by atoms with Crippen molar-refractivity contribution in [2.24, 2.45) is 0 Å². The second-order valence-corrected chi connectivity index (χ2v) is 9.51. The topological polar surface area (TPSA) is 85.5 Å². The summed E-state index contributed by atoms with van der Waals surface area (Å²) in [5.41, 5.74) is 1.24. The first-order valence-corrected chi connectivity index (χ1v) is 11.8. The lowest BCUT2D eigenvalue weighted by molar-refractivity contribution is 0.0850. The quantitative estimate of drug-likeness (QED) is 0.526. The maximum absolute atomic E-state index is 13.8. The zero-order valence-electron chi connectivity index (χ0n) is 17.0. The van der Waals surface area contributed by atoms with E-state index >= 15 is 0 Å². The molecule has 0 spiro atoms. The SMILES string of the molecule is O=S(=O)(Cc1ccccc1F)N1CCC(c2noc(COCc3ccccc3)n2)CC1. The van der Waals surface area contributed by atoms with Crippen LogP contribution in [0.2, 0.25) is 0 Å². The Labute approximate surface area is 180 Å². The van der Waals surface area contributed by atoms with Gasteiger partial charge in [-0.15, -0.1) is 0 Å². The van der Waals surface area contributed by atoms with E-state index in [0.29, 0.717) is 44.3 Å². The zero-order chi connectivity index (χ0) is 21.7. The molecule has 3 aromatic rings. The summed E-state index contributed by atoms with van der Waals surface area (Å²) in [7, 11) is -3.59. The minimum atomic E-state index is -3.59. The van der Waals surface area contributed by atoms with Crippen LogP contribution >= 0.6 is 0 Å². The van der Waals surface area contributed by atoms with E-state index in [0.717, 1.165) is 5.56 Å². The van der Waals surface area contributed by atoms with E-state index in [9.17, 15) is 12.8 Å². The van der Waals surface area contributed by atoms with E-state index < -0.39 is 15.8 Å². The molecule has 2 aromatic carbocycles. The van der Waals surface area contributed by atoms with Gasteiger partial charge in [-0.1, -0.05) is 53.7 Å². The summed E-state index contributed by atoms with van der Waals surface area (Å²) in [4.78, 5) is 4.41. The number of piperidine rings is 1. The fourth-order valence-electron chi connectivity index (χ4n) is 3.62. The first-order valence-electron chi connectivity index (χ1n) is 10.2. The first-order chi connectivity index (χ1) is 15.0. The van der Waals surface area contributed by atoms with Gasteiger partial charge in [-0.3, -0.25) is 0 Å².